The van der Waals surface area contributed by atoms with E-state index in [1.807, 2.05) is 6.92 Å². The van der Waals surface area contributed by atoms with E-state index in [-0.39, 0.29) is 5.91 Å². The van der Waals surface area contributed by atoms with Gasteiger partial charge in [-0.1, -0.05) is 6.92 Å². The summed E-state index contributed by atoms with van der Waals surface area (Å²) in [6.07, 6.45) is 1.72. The lowest BCUT2D eigenvalue weighted by Crippen LogP contribution is -2.31. The van der Waals surface area contributed by atoms with Gasteiger partial charge in [-0.3, -0.25) is 4.79 Å². The lowest BCUT2D eigenvalue weighted by atomic mass is 10.2. The third kappa shape index (κ3) is 2.91. The maximum atomic E-state index is 11.3. The molecule has 1 aromatic heterocycles. The number of rotatable bonds is 4. The summed E-state index contributed by atoms with van der Waals surface area (Å²) < 4.78 is 0. The number of carbonyl (C=O) groups excluding carboxylic acids is 1. The third-order valence-electron chi connectivity index (χ3n) is 1.86. The molecular weight excluding hydrogens is 166 g/mol. The van der Waals surface area contributed by atoms with Gasteiger partial charge in [-0.15, -0.1) is 0 Å². The molecule has 0 spiro atoms. The fourth-order valence-electron chi connectivity index (χ4n) is 0.917. The molecule has 0 aliphatic heterocycles. The van der Waals surface area contributed by atoms with Gasteiger partial charge in [-0.05, 0) is 24.6 Å². The van der Waals surface area contributed by atoms with Crippen LogP contribution in [0.4, 0.5) is 0 Å². The molecule has 1 atom stereocenters. The SMILES string of the molecule is CC(CN)CNC(=O)c1ccc[nH]1. The second-order valence-corrected chi connectivity index (χ2v) is 3.13. The summed E-state index contributed by atoms with van der Waals surface area (Å²) in [7, 11) is 0. The smallest absolute Gasteiger partial charge is 0.267 e. The lowest BCUT2D eigenvalue weighted by Gasteiger charge is -2.08. The maximum absolute atomic E-state index is 11.3. The number of H-pyrrole nitrogens is 1. The summed E-state index contributed by atoms with van der Waals surface area (Å²) in [5, 5.41) is 2.79. The Hall–Kier alpha value is -1.29. The monoisotopic (exact) mass is 181 g/mol. The Kier molecular flexibility index (Phi) is 3.52. The van der Waals surface area contributed by atoms with Crippen molar-refractivity contribution >= 4 is 5.91 Å². The highest BCUT2D eigenvalue weighted by Crippen LogP contribution is 1.94. The average molecular weight is 181 g/mol. The fourth-order valence-corrected chi connectivity index (χ4v) is 0.917. The van der Waals surface area contributed by atoms with Gasteiger partial charge in [0, 0.05) is 12.7 Å². The highest BCUT2D eigenvalue weighted by molar-refractivity contribution is 5.92. The van der Waals surface area contributed by atoms with E-state index < -0.39 is 0 Å². The summed E-state index contributed by atoms with van der Waals surface area (Å²) >= 11 is 0. The van der Waals surface area contributed by atoms with Crippen molar-refractivity contribution in [2.45, 2.75) is 6.92 Å². The predicted molar refractivity (Wildman–Crippen MR) is 51.3 cm³/mol. The summed E-state index contributed by atoms with van der Waals surface area (Å²) in [6, 6.07) is 3.53. The minimum atomic E-state index is -0.0784. The number of hydrogen-bond acceptors (Lipinski definition) is 2. The molecule has 0 radical (unpaired) electrons. The number of nitrogens with two attached hydrogens (primary N) is 1. The Morgan fingerprint density at radius 3 is 3.08 bits per heavy atom. The standard InChI is InChI=1S/C9H15N3O/c1-7(5-10)6-12-9(13)8-3-2-4-11-8/h2-4,7,11H,5-6,10H2,1H3,(H,12,13). The van der Waals surface area contributed by atoms with Gasteiger partial charge < -0.3 is 16.0 Å². The minimum Gasteiger partial charge on any atom is -0.357 e. The van der Waals surface area contributed by atoms with Gasteiger partial charge in [-0.25, -0.2) is 0 Å². The van der Waals surface area contributed by atoms with Gasteiger partial charge in [0.2, 0.25) is 0 Å². The molecule has 0 aliphatic carbocycles. The van der Waals surface area contributed by atoms with Crippen LogP contribution in [0, 0.1) is 5.92 Å². The van der Waals surface area contributed by atoms with Crippen LogP contribution in [0.15, 0.2) is 18.3 Å². The van der Waals surface area contributed by atoms with Crippen molar-refractivity contribution in [3.05, 3.63) is 24.0 Å². The molecule has 4 heteroatoms. The van der Waals surface area contributed by atoms with E-state index in [1.165, 1.54) is 0 Å². The van der Waals surface area contributed by atoms with Crippen LogP contribution in [-0.2, 0) is 0 Å². The molecule has 0 aromatic carbocycles. The van der Waals surface area contributed by atoms with Crippen molar-refractivity contribution in [1.82, 2.24) is 10.3 Å². The van der Waals surface area contributed by atoms with E-state index in [1.54, 1.807) is 18.3 Å². The maximum Gasteiger partial charge on any atom is 0.267 e. The van der Waals surface area contributed by atoms with Crippen molar-refractivity contribution in [2.75, 3.05) is 13.1 Å². The first-order valence-corrected chi connectivity index (χ1v) is 4.35. The van der Waals surface area contributed by atoms with E-state index in [0.717, 1.165) is 0 Å². The number of aromatic nitrogens is 1. The molecule has 0 bridgehead atoms. The molecular formula is C9H15N3O. The van der Waals surface area contributed by atoms with Crippen LogP contribution < -0.4 is 11.1 Å². The van der Waals surface area contributed by atoms with Crippen LogP contribution in [0.5, 0.6) is 0 Å². The molecule has 0 aliphatic rings. The lowest BCUT2D eigenvalue weighted by molar-refractivity contribution is 0.0944. The van der Waals surface area contributed by atoms with Crippen LogP contribution in [0.1, 0.15) is 17.4 Å². The van der Waals surface area contributed by atoms with Crippen molar-refractivity contribution < 1.29 is 4.79 Å². The van der Waals surface area contributed by atoms with E-state index in [4.69, 9.17) is 5.73 Å². The molecule has 1 heterocycles. The van der Waals surface area contributed by atoms with Crippen molar-refractivity contribution in [3.63, 3.8) is 0 Å². The van der Waals surface area contributed by atoms with E-state index in [9.17, 15) is 4.79 Å². The molecule has 1 rings (SSSR count). The molecule has 1 amide bonds. The Labute approximate surface area is 77.5 Å². The van der Waals surface area contributed by atoms with E-state index in [2.05, 4.69) is 10.3 Å². The molecule has 4 N–H and O–H groups in total. The molecule has 4 nitrogen and oxygen atoms in total. The summed E-state index contributed by atoms with van der Waals surface area (Å²) in [6.45, 7) is 3.20. The van der Waals surface area contributed by atoms with Gasteiger partial charge in [-0.2, -0.15) is 0 Å². The zero-order chi connectivity index (χ0) is 9.68. The normalized spacial score (nSPS) is 12.5. The largest absolute Gasteiger partial charge is 0.357 e. The van der Waals surface area contributed by atoms with Gasteiger partial charge in [0.25, 0.3) is 5.91 Å². The van der Waals surface area contributed by atoms with E-state index in [0.29, 0.717) is 24.7 Å². The topological polar surface area (TPSA) is 70.9 Å². The van der Waals surface area contributed by atoms with Crippen LogP contribution in [0.3, 0.4) is 0 Å². The Morgan fingerprint density at radius 1 is 1.77 bits per heavy atom. The quantitative estimate of drug-likeness (QED) is 0.626. The van der Waals surface area contributed by atoms with E-state index >= 15 is 0 Å². The summed E-state index contributed by atoms with van der Waals surface area (Å²) in [5.41, 5.74) is 6.01. The number of carbonyl (C=O) groups is 1. The zero-order valence-corrected chi connectivity index (χ0v) is 7.71. The summed E-state index contributed by atoms with van der Waals surface area (Å²) in [5.74, 6) is 0.240. The Morgan fingerprint density at radius 2 is 2.54 bits per heavy atom. The van der Waals surface area contributed by atoms with Gasteiger partial charge >= 0.3 is 0 Å². The zero-order valence-electron chi connectivity index (χ0n) is 7.71. The van der Waals surface area contributed by atoms with Crippen LogP contribution >= 0.6 is 0 Å². The number of nitrogens with one attached hydrogen (secondary N) is 2. The molecule has 0 saturated carbocycles. The third-order valence-corrected chi connectivity index (χ3v) is 1.86. The molecule has 1 unspecified atom stereocenters. The molecule has 1 aromatic rings. The molecule has 72 valence electrons. The van der Waals surface area contributed by atoms with Crippen molar-refractivity contribution in [1.29, 1.82) is 0 Å². The number of amides is 1. The highest BCUT2D eigenvalue weighted by Gasteiger charge is 2.06. The van der Waals surface area contributed by atoms with Gasteiger partial charge in [0.15, 0.2) is 0 Å². The molecule has 13 heavy (non-hydrogen) atoms. The highest BCUT2D eigenvalue weighted by atomic mass is 16.1. The van der Waals surface area contributed by atoms with Gasteiger partial charge in [0.05, 0.1) is 0 Å². The fraction of sp³-hybridized carbons (Fsp3) is 0.444. The second kappa shape index (κ2) is 4.67. The number of aromatic amines is 1. The van der Waals surface area contributed by atoms with Crippen molar-refractivity contribution in [3.8, 4) is 0 Å². The predicted octanol–water partition coefficient (Wildman–Crippen LogP) is 0.339. The van der Waals surface area contributed by atoms with Crippen LogP contribution in [0.25, 0.3) is 0 Å². The molecule has 0 saturated heterocycles. The second-order valence-electron chi connectivity index (χ2n) is 3.13. The van der Waals surface area contributed by atoms with Crippen LogP contribution in [-0.4, -0.2) is 24.0 Å². The summed E-state index contributed by atoms with van der Waals surface area (Å²) in [4.78, 5) is 14.2. The Bertz CT molecular complexity index is 256. The minimum absolute atomic E-state index is 0.0784. The molecule has 0 fully saturated rings. The first-order chi connectivity index (χ1) is 6.24. The first-order valence-electron chi connectivity index (χ1n) is 4.35. The van der Waals surface area contributed by atoms with Crippen LogP contribution in [0.2, 0.25) is 0 Å². The number of hydrogen-bond donors (Lipinski definition) is 3. The Balaban J connectivity index is 2.35. The average Bonchev–Trinajstić information content (AvgIpc) is 2.66. The van der Waals surface area contributed by atoms with Crippen molar-refractivity contribution in [2.24, 2.45) is 11.7 Å². The first kappa shape index (κ1) is 9.80. The van der Waals surface area contributed by atoms with Gasteiger partial charge in [0.1, 0.15) is 5.69 Å².